The standard InChI is InChI=1S/C14H15BrO3/c15-12-5-3-9(4-6-12)11(8-14(17)18)7-13(16)10-1-2-10/h3-6,10-11H,1-2,7-8H2,(H,17,18)/p-1/t11-/m0/s1. The molecule has 2 rings (SSSR count). The third kappa shape index (κ3) is 3.67. The van der Waals surface area contributed by atoms with Gasteiger partial charge in [0.2, 0.25) is 0 Å². The number of hydrogen-bond donors (Lipinski definition) is 0. The normalized spacial score (nSPS) is 16.3. The highest BCUT2D eigenvalue weighted by atomic mass is 79.9. The van der Waals surface area contributed by atoms with Crippen molar-refractivity contribution in [3.8, 4) is 0 Å². The van der Waals surface area contributed by atoms with Gasteiger partial charge in [-0.05, 0) is 42.9 Å². The summed E-state index contributed by atoms with van der Waals surface area (Å²) in [6, 6.07) is 7.44. The lowest BCUT2D eigenvalue weighted by Crippen LogP contribution is -2.25. The molecule has 0 heterocycles. The molecule has 1 saturated carbocycles. The Morgan fingerprint density at radius 3 is 2.33 bits per heavy atom. The van der Waals surface area contributed by atoms with E-state index in [-0.39, 0.29) is 24.0 Å². The van der Waals surface area contributed by atoms with Crippen LogP contribution in [0.15, 0.2) is 28.7 Å². The highest BCUT2D eigenvalue weighted by molar-refractivity contribution is 9.10. The summed E-state index contributed by atoms with van der Waals surface area (Å²) in [6.07, 6.45) is 2.12. The molecule has 0 N–H and O–H groups in total. The number of aliphatic carboxylic acids is 1. The summed E-state index contributed by atoms with van der Waals surface area (Å²) < 4.78 is 0.937. The molecule has 3 nitrogen and oxygen atoms in total. The second-order valence-electron chi connectivity index (χ2n) is 4.77. The Hall–Kier alpha value is -1.16. The fourth-order valence-electron chi connectivity index (χ4n) is 2.06. The first-order chi connectivity index (χ1) is 8.56. The molecule has 1 aliphatic carbocycles. The minimum atomic E-state index is -1.11. The zero-order valence-electron chi connectivity index (χ0n) is 9.90. The third-order valence-corrected chi connectivity index (χ3v) is 3.76. The third-order valence-electron chi connectivity index (χ3n) is 3.23. The highest BCUT2D eigenvalue weighted by Crippen LogP contribution is 2.35. The van der Waals surface area contributed by atoms with Crippen molar-refractivity contribution in [1.29, 1.82) is 0 Å². The van der Waals surface area contributed by atoms with Crippen molar-refractivity contribution in [2.75, 3.05) is 0 Å². The number of benzene rings is 1. The Bertz CT molecular complexity index is 449. The van der Waals surface area contributed by atoms with Crippen molar-refractivity contribution >= 4 is 27.7 Å². The van der Waals surface area contributed by atoms with Crippen LogP contribution in [0.4, 0.5) is 0 Å². The van der Waals surface area contributed by atoms with E-state index in [4.69, 9.17) is 0 Å². The Morgan fingerprint density at radius 1 is 1.22 bits per heavy atom. The van der Waals surface area contributed by atoms with E-state index in [0.717, 1.165) is 22.9 Å². The molecule has 1 fully saturated rings. The first-order valence-corrected chi connectivity index (χ1v) is 6.83. The molecule has 18 heavy (non-hydrogen) atoms. The van der Waals surface area contributed by atoms with Crippen LogP contribution in [0.25, 0.3) is 0 Å². The minimum Gasteiger partial charge on any atom is -0.550 e. The molecule has 1 aromatic rings. The maximum Gasteiger partial charge on any atom is 0.136 e. The van der Waals surface area contributed by atoms with Crippen molar-refractivity contribution in [1.82, 2.24) is 0 Å². The van der Waals surface area contributed by atoms with E-state index < -0.39 is 5.97 Å². The molecule has 0 spiro atoms. The lowest BCUT2D eigenvalue weighted by Gasteiger charge is -2.17. The highest BCUT2D eigenvalue weighted by Gasteiger charge is 2.31. The summed E-state index contributed by atoms with van der Waals surface area (Å²) in [5, 5.41) is 10.8. The summed E-state index contributed by atoms with van der Waals surface area (Å²) >= 11 is 3.33. The summed E-state index contributed by atoms with van der Waals surface area (Å²) in [5.41, 5.74) is 0.886. The number of carboxylic acids is 1. The number of carboxylic acid groups (broad SMARTS) is 1. The van der Waals surface area contributed by atoms with E-state index in [1.807, 2.05) is 24.3 Å². The van der Waals surface area contributed by atoms with Gasteiger partial charge in [-0.3, -0.25) is 4.79 Å². The number of carbonyl (C=O) groups excluding carboxylic acids is 2. The summed E-state index contributed by atoms with van der Waals surface area (Å²) in [5.74, 6) is -1.02. The quantitative estimate of drug-likeness (QED) is 0.808. The average Bonchev–Trinajstić information content (AvgIpc) is 3.12. The Morgan fingerprint density at radius 2 is 1.83 bits per heavy atom. The number of rotatable bonds is 6. The van der Waals surface area contributed by atoms with Crippen molar-refractivity contribution in [2.45, 2.75) is 31.6 Å². The molecule has 0 radical (unpaired) electrons. The van der Waals surface area contributed by atoms with E-state index >= 15 is 0 Å². The van der Waals surface area contributed by atoms with Crippen LogP contribution in [0.1, 0.15) is 37.2 Å². The van der Waals surface area contributed by atoms with Crippen molar-refractivity contribution in [2.24, 2.45) is 5.92 Å². The SMILES string of the molecule is O=C([O-])C[C@H](CC(=O)C1CC1)c1ccc(Br)cc1. The Balaban J connectivity index is 2.10. The van der Waals surface area contributed by atoms with Crippen LogP contribution in [-0.4, -0.2) is 11.8 Å². The average molecular weight is 310 g/mol. The van der Waals surface area contributed by atoms with Crippen LogP contribution in [0, 0.1) is 5.92 Å². The predicted octanol–water partition coefficient (Wildman–Crippen LogP) is 2.04. The topological polar surface area (TPSA) is 57.2 Å². The Kier molecular flexibility index (Phi) is 4.17. The van der Waals surface area contributed by atoms with Crippen LogP contribution >= 0.6 is 15.9 Å². The summed E-state index contributed by atoms with van der Waals surface area (Å²) in [4.78, 5) is 22.6. The predicted molar refractivity (Wildman–Crippen MR) is 68.9 cm³/mol. The molecule has 0 aromatic heterocycles. The van der Waals surface area contributed by atoms with Crippen LogP contribution in [-0.2, 0) is 9.59 Å². The zero-order valence-corrected chi connectivity index (χ0v) is 11.5. The van der Waals surface area contributed by atoms with Gasteiger partial charge in [0.05, 0.1) is 0 Å². The number of halogens is 1. The molecule has 1 aromatic carbocycles. The molecular weight excluding hydrogens is 296 g/mol. The first kappa shape index (κ1) is 13.3. The molecule has 0 unspecified atom stereocenters. The number of hydrogen-bond acceptors (Lipinski definition) is 3. The molecule has 0 saturated heterocycles. The molecule has 96 valence electrons. The molecule has 0 amide bonds. The molecule has 1 aliphatic rings. The van der Waals surface area contributed by atoms with Gasteiger partial charge in [0.25, 0.3) is 0 Å². The van der Waals surface area contributed by atoms with E-state index in [1.165, 1.54) is 0 Å². The van der Waals surface area contributed by atoms with E-state index in [0.29, 0.717) is 6.42 Å². The van der Waals surface area contributed by atoms with Gasteiger partial charge in [-0.1, -0.05) is 28.1 Å². The van der Waals surface area contributed by atoms with Crippen LogP contribution < -0.4 is 5.11 Å². The number of Topliss-reactive ketones (excluding diaryl/α,β-unsaturated/α-hetero) is 1. The van der Waals surface area contributed by atoms with Gasteiger partial charge in [-0.25, -0.2) is 0 Å². The van der Waals surface area contributed by atoms with Gasteiger partial charge in [0, 0.05) is 22.8 Å². The van der Waals surface area contributed by atoms with Gasteiger partial charge in [-0.2, -0.15) is 0 Å². The van der Waals surface area contributed by atoms with Crippen LogP contribution in [0.3, 0.4) is 0 Å². The fourth-order valence-corrected chi connectivity index (χ4v) is 2.32. The largest absolute Gasteiger partial charge is 0.550 e. The minimum absolute atomic E-state index is 0.0971. The van der Waals surface area contributed by atoms with Gasteiger partial charge in [0.15, 0.2) is 0 Å². The monoisotopic (exact) mass is 309 g/mol. The Labute approximate surface area is 114 Å². The van der Waals surface area contributed by atoms with Gasteiger partial charge >= 0.3 is 0 Å². The van der Waals surface area contributed by atoms with Crippen molar-refractivity contribution in [3.63, 3.8) is 0 Å². The molecular formula is C14H14BrO3-. The molecule has 0 aliphatic heterocycles. The second kappa shape index (κ2) is 5.65. The zero-order chi connectivity index (χ0) is 13.1. The van der Waals surface area contributed by atoms with Gasteiger partial charge < -0.3 is 9.90 Å². The lowest BCUT2D eigenvalue weighted by molar-refractivity contribution is -0.306. The smallest absolute Gasteiger partial charge is 0.136 e. The maximum absolute atomic E-state index is 11.8. The molecule has 0 bridgehead atoms. The summed E-state index contributed by atoms with van der Waals surface area (Å²) in [6.45, 7) is 0. The van der Waals surface area contributed by atoms with Crippen LogP contribution in [0.5, 0.6) is 0 Å². The van der Waals surface area contributed by atoms with Crippen LogP contribution in [0.2, 0.25) is 0 Å². The van der Waals surface area contributed by atoms with Crippen molar-refractivity contribution < 1.29 is 14.7 Å². The van der Waals surface area contributed by atoms with Gasteiger partial charge in [0.1, 0.15) is 5.78 Å². The molecule has 1 atom stereocenters. The van der Waals surface area contributed by atoms with E-state index in [2.05, 4.69) is 15.9 Å². The second-order valence-corrected chi connectivity index (χ2v) is 5.68. The fraction of sp³-hybridized carbons (Fsp3) is 0.429. The first-order valence-electron chi connectivity index (χ1n) is 6.04. The number of carbonyl (C=O) groups is 2. The number of ketones is 1. The van der Waals surface area contributed by atoms with Gasteiger partial charge in [-0.15, -0.1) is 0 Å². The lowest BCUT2D eigenvalue weighted by atomic mass is 9.90. The summed E-state index contributed by atoms with van der Waals surface area (Å²) in [7, 11) is 0. The van der Waals surface area contributed by atoms with Crippen molar-refractivity contribution in [3.05, 3.63) is 34.3 Å². The molecule has 4 heteroatoms. The van der Waals surface area contributed by atoms with E-state index in [1.54, 1.807) is 0 Å². The maximum atomic E-state index is 11.8. The van der Waals surface area contributed by atoms with E-state index in [9.17, 15) is 14.7 Å².